The van der Waals surface area contributed by atoms with Gasteiger partial charge in [-0.25, -0.2) is 0 Å². The van der Waals surface area contributed by atoms with E-state index in [-0.39, 0.29) is 18.9 Å². The second kappa shape index (κ2) is 10.0. The quantitative estimate of drug-likeness (QED) is 0.651. The number of benzene rings is 2. The van der Waals surface area contributed by atoms with Gasteiger partial charge in [-0.05, 0) is 25.1 Å². The van der Waals surface area contributed by atoms with Crippen LogP contribution in [0.5, 0.6) is 11.5 Å². The summed E-state index contributed by atoms with van der Waals surface area (Å²) in [6.45, 7) is 4.23. The van der Waals surface area contributed by atoms with Crippen LogP contribution in [0.4, 0.5) is 5.69 Å². The molecule has 0 atom stereocenters. The number of anilines is 1. The van der Waals surface area contributed by atoms with E-state index in [1.807, 2.05) is 49.4 Å². The minimum atomic E-state index is -0.445. The summed E-state index contributed by atoms with van der Waals surface area (Å²) in [5.41, 5.74) is 2.80. The minimum Gasteiger partial charge on any atom is -0.496 e. The molecule has 0 spiro atoms. The largest absolute Gasteiger partial charge is 0.496 e. The van der Waals surface area contributed by atoms with Crippen molar-refractivity contribution in [2.45, 2.75) is 13.3 Å². The maximum atomic E-state index is 12.5. The van der Waals surface area contributed by atoms with Gasteiger partial charge in [0.05, 0.1) is 26.3 Å². The summed E-state index contributed by atoms with van der Waals surface area (Å²) in [6, 6.07) is 13.5. The zero-order chi connectivity index (χ0) is 21.5. The number of esters is 1. The van der Waals surface area contributed by atoms with Crippen LogP contribution in [0.25, 0.3) is 0 Å². The molecule has 160 valence electrons. The number of nitrogens with zero attached hydrogens (tertiary/aromatic N) is 2. The molecule has 1 aliphatic heterocycles. The normalized spacial score (nSPS) is 13.7. The van der Waals surface area contributed by atoms with Gasteiger partial charge in [0, 0.05) is 31.7 Å². The number of methoxy groups -OCH3 is 2. The SMILES string of the molecule is COc1ccc(C)cc1CC(=O)OCC(=O)N1CCN(c2ccccc2OC)CC1. The van der Waals surface area contributed by atoms with Crippen LogP contribution in [-0.4, -0.2) is 63.8 Å². The number of hydrogen-bond donors (Lipinski definition) is 0. The van der Waals surface area contributed by atoms with Gasteiger partial charge in [0.25, 0.3) is 5.91 Å². The lowest BCUT2D eigenvalue weighted by Gasteiger charge is -2.36. The molecule has 1 fully saturated rings. The van der Waals surface area contributed by atoms with E-state index in [4.69, 9.17) is 14.2 Å². The Kier molecular flexibility index (Phi) is 7.17. The Hall–Kier alpha value is -3.22. The first-order valence-electron chi connectivity index (χ1n) is 9.96. The van der Waals surface area contributed by atoms with Crippen molar-refractivity contribution in [3.8, 4) is 11.5 Å². The molecule has 1 amide bonds. The van der Waals surface area contributed by atoms with Crippen molar-refractivity contribution in [2.75, 3.05) is 51.9 Å². The van der Waals surface area contributed by atoms with Crippen LogP contribution in [0, 0.1) is 6.92 Å². The summed E-state index contributed by atoms with van der Waals surface area (Å²) in [7, 11) is 3.22. The maximum absolute atomic E-state index is 12.5. The third-order valence-electron chi connectivity index (χ3n) is 5.19. The van der Waals surface area contributed by atoms with Crippen LogP contribution < -0.4 is 14.4 Å². The highest BCUT2D eigenvalue weighted by molar-refractivity contribution is 5.82. The molecule has 0 bridgehead atoms. The standard InChI is InChI=1S/C23H28N2O5/c1-17-8-9-20(28-2)18(14-17)15-23(27)30-16-22(26)25-12-10-24(11-13-25)19-6-4-5-7-21(19)29-3/h4-9,14H,10-13,15-16H2,1-3H3. The summed E-state index contributed by atoms with van der Waals surface area (Å²) in [6.07, 6.45) is 0.0692. The highest BCUT2D eigenvalue weighted by Gasteiger charge is 2.23. The van der Waals surface area contributed by atoms with Crippen molar-refractivity contribution in [3.63, 3.8) is 0 Å². The van der Waals surface area contributed by atoms with Crippen LogP contribution in [0.3, 0.4) is 0 Å². The van der Waals surface area contributed by atoms with Crippen molar-refractivity contribution in [2.24, 2.45) is 0 Å². The Morgan fingerprint density at radius 3 is 2.33 bits per heavy atom. The van der Waals surface area contributed by atoms with E-state index in [2.05, 4.69) is 4.90 Å². The molecule has 1 saturated heterocycles. The fraction of sp³-hybridized carbons (Fsp3) is 0.391. The Morgan fingerprint density at radius 2 is 1.63 bits per heavy atom. The van der Waals surface area contributed by atoms with Crippen molar-refractivity contribution in [1.29, 1.82) is 0 Å². The summed E-state index contributed by atoms with van der Waals surface area (Å²) < 4.78 is 15.9. The molecule has 0 aromatic heterocycles. The molecule has 1 aliphatic rings. The second-order valence-electron chi connectivity index (χ2n) is 7.19. The summed E-state index contributed by atoms with van der Waals surface area (Å²) in [4.78, 5) is 28.6. The van der Waals surface area contributed by atoms with E-state index in [1.54, 1.807) is 19.1 Å². The highest BCUT2D eigenvalue weighted by Crippen LogP contribution is 2.28. The molecule has 0 aliphatic carbocycles. The lowest BCUT2D eigenvalue weighted by molar-refractivity contribution is -0.151. The highest BCUT2D eigenvalue weighted by atomic mass is 16.5. The van der Waals surface area contributed by atoms with Gasteiger partial charge in [-0.1, -0.05) is 29.8 Å². The lowest BCUT2D eigenvalue weighted by Crippen LogP contribution is -2.50. The molecule has 2 aromatic rings. The molecule has 0 radical (unpaired) electrons. The Bertz CT molecular complexity index is 891. The van der Waals surface area contributed by atoms with Gasteiger partial charge in [0.2, 0.25) is 0 Å². The van der Waals surface area contributed by atoms with Crippen molar-refractivity contribution < 1.29 is 23.8 Å². The topological polar surface area (TPSA) is 68.3 Å². The number of hydrogen-bond acceptors (Lipinski definition) is 6. The van der Waals surface area contributed by atoms with E-state index in [9.17, 15) is 9.59 Å². The second-order valence-corrected chi connectivity index (χ2v) is 7.19. The predicted molar refractivity (Wildman–Crippen MR) is 114 cm³/mol. The molecule has 0 N–H and O–H groups in total. The zero-order valence-electron chi connectivity index (χ0n) is 17.7. The number of ether oxygens (including phenoxy) is 3. The van der Waals surface area contributed by atoms with Gasteiger partial charge < -0.3 is 24.0 Å². The monoisotopic (exact) mass is 412 g/mol. The molecule has 7 nitrogen and oxygen atoms in total. The van der Waals surface area contributed by atoms with E-state index >= 15 is 0 Å². The molecular formula is C23H28N2O5. The van der Waals surface area contributed by atoms with Gasteiger partial charge in [-0.3, -0.25) is 9.59 Å². The van der Waals surface area contributed by atoms with Crippen LogP contribution in [0.1, 0.15) is 11.1 Å². The first-order chi connectivity index (χ1) is 14.5. The maximum Gasteiger partial charge on any atom is 0.310 e. The van der Waals surface area contributed by atoms with Crippen LogP contribution in [0.2, 0.25) is 0 Å². The number of rotatable bonds is 7. The van der Waals surface area contributed by atoms with E-state index < -0.39 is 5.97 Å². The molecule has 2 aromatic carbocycles. The predicted octanol–water partition coefficient (Wildman–Crippen LogP) is 2.45. The number of amides is 1. The van der Waals surface area contributed by atoms with Gasteiger partial charge in [-0.2, -0.15) is 0 Å². The number of carbonyl (C=O) groups is 2. The molecule has 1 heterocycles. The average Bonchev–Trinajstić information content (AvgIpc) is 2.77. The lowest BCUT2D eigenvalue weighted by atomic mass is 10.1. The summed E-state index contributed by atoms with van der Waals surface area (Å²) in [5.74, 6) is 0.827. The number of aryl methyl sites for hydroxylation is 1. The third-order valence-corrected chi connectivity index (χ3v) is 5.19. The molecule has 0 unspecified atom stereocenters. The number of carbonyl (C=O) groups excluding carboxylic acids is 2. The Labute approximate surface area is 177 Å². The van der Waals surface area contributed by atoms with E-state index in [0.717, 1.165) is 22.6 Å². The Morgan fingerprint density at radius 1 is 0.933 bits per heavy atom. The summed E-state index contributed by atoms with van der Waals surface area (Å²) >= 11 is 0. The first kappa shape index (κ1) is 21.5. The molecular weight excluding hydrogens is 384 g/mol. The minimum absolute atomic E-state index is 0.0692. The van der Waals surface area contributed by atoms with Crippen molar-refractivity contribution in [1.82, 2.24) is 4.90 Å². The zero-order valence-corrected chi connectivity index (χ0v) is 17.7. The van der Waals surface area contributed by atoms with Gasteiger partial charge in [0.15, 0.2) is 6.61 Å². The van der Waals surface area contributed by atoms with Crippen molar-refractivity contribution in [3.05, 3.63) is 53.6 Å². The molecule has 7 heteroatoms. The van der Waals surface area contributed by atoms with Crippen LogP contribution in [-0.2, 0) is 20.7 Å². The number of para-hydroxylation sites is 2. The van der Waals surface area contributed by atoms with Gasteiger partial charge >= 0.3 is 5.97 Å². The van der Waals surface area contributed by atoms with E-state index in [0.29, 0.717) is 31.9 Å². The fourth-order valence-electron chi connectivity index (χ4n) is 3.57. The van der Waals surface area contributed by atoms with E-state index in [1.165, 1.54) is 0 Å². The molecule has 0 saturated carbocycles. The first-order valence-corrected chi connectivity index (χ1v) is 9.96. The summed E-state index contributed by atoms with van der Waals surface area (Å²) in [5, 5.41) is 0. The van der Waals surface area contributed by atoms with Gasteiger partial charge in [-0.15, -0.1) is 0 Å². The van der Waals surface area contributed by atoms with Gasteiger partial charge in [0.1, 0.15) is 11.5 Å². The third kappa shape index (κ3) is 5.23. The Balaban J connectivity index is 1.48. The molecule has 30 heavy (non-hydrogen) atoms. The smallest absolute Gasteiger partial charge is 0.310 e. The molecule has 3 rings (SSSR count). The van der Waals surface area contributed by atoms with Crippen LogP contribution in [0.15, 0.2) is 42.5 Å². The number of piperazine rings is 1. The van der Waals surface area contributed by atoms with Crippen molar-refractivity contribution >= 4 is 17.6 Å². The average molecular weight is 412 g/mol. The van der Waals surface area contributed by atoms with Crippen LogP contribution >= 0.6 is 0 Å². The fourth-order valence-corrected chi connectivity index (χ4v) is 3.57.